The van der Waals surface area contributed by atoms with Gasteiger partial charge in [0, 0.05) is 0 Å². The van der Waals surface area contributed by atoms with Crippen LogP contribution in [0.4, 0.5) is 5.95 Å². The number of carbonyl (C=O) groups excluding carboxylic acids is 1. The van der Waals surface area contributed by atoms with Gasteiger partial charge in [0.2, 0.25) is 11.9 Å². The van der Waals surface area contributed by atoms with Crippen LogP contribution in [0.5, 0.6) is 0 Å². The number of hydrogen-bond acceptors (Lipinski definition) is 4. The van der Waals surface area contributed by atoms with Gasteiger partial charge in [0.1, 0.15) is 6.33 Å². The lowest BCUT2D eigenvalue weighted by atomic mass is 10.1. The summed E-state index contributed by atoms with van der Waals surface area (Å²) < 4.78 is 0. The molecule has 16 heavy (non-hydrogen) atoms. The highest BCUT2D eigenvalue weighted by atomic mass is 16.4. The number of aliphatic carboxylic acids is 1. The van der Waals surface area contributed by atoms with E-state index < -0.39 is 23.2 Å². The van der Waals surface area contributed by atoms with E-state index in [0.717, 1.165) is 0 Å². The number of carboxylic acids is 1. The van der Waals surface area contributed by atoms with E-state index in [1.807, 2.05) is 0 Å². The van der Waals surface area contributed by atoms with Gasteiger partial charge in [-0.2, -0.15) is 10.1 Å². The summed E-state index contributed by atoms with van der Waals surface area (Å²) >= 11 is 0. The molecule has 2 atom stereocenters. The van der Waals surface area contributed by atoms with Gasteiger partial charge in [0.05, 0.1) is 11.8 Å². The van der Waals surface area contributed by atoms with E-state index in [2.05, 4.69) is 20.5 Å². The van der Waals surface area contributed by atoms with Crippen molar-refractivity contribution in [2.75, 3.05) is 5.32 Å². The first-order chi connectivity index (χ1) is 7.44. The maximum absolute atomic E-state index is 11.7. The van der Waals surface area contributed by atoms with Gasteiger partial charge in [-0.1, -0.05) is 13.8 Å². The molecule has 1 aliphatic rings. The van der Waals surface area contributed by atoms with Gasteiger partial charge in [0.25, 0.3) is 0 Å². The molecular formula is C9H12N4O3. The third-order valence-electron chi connectivity index (χ3n) is 3.03. The van der Waals surface area contributed by atoms with Gasteiger partial charge < -0.3 is 5.11 Å². The van der Waals surface area contributed by atoms with Gasteiger partial charge in [-0.15, -0.1) is 0 Å². The van der Waals surface area contributed by atoms with E-state index in [9.17, 15) is 9.59 Å². The number of H-pyrrole nitrogens is 1. The van der Waals surface area contributed by atoms with Crippen molar-refractivity contribution >= 4 is 17.8 Å². The molecule has 3 N–H and O–H groups in total. The van der Waals surface area contributed by atoms with E-state index in [0.29, 0.717) is 0 Å². The van der Waals surface area contributed by atoms with Crippen LogP contribution in [0.2, 0.25) is 0 Å². The van der Waals surface area contributed by atoms with Crippen molar-refractivity contribution in [3.05, 3.63) is 6.33 Å². The number of amides is 1. The van der Waals surface area contributed by atoms with Gasteiger partial charge in [0.15, 0.2) is 0 Å². The normalized spacial score (nSPS) is 26.1. The minimum Gasteiger partial charge on any atom is -0.481 e. The summed E-state index contributed by atoms with van der Waals surface area (Å²) in [6, 6.07) is 0. The fourth-order valence-electron chi connectivity index (χ4n) is 2.05. The molecule has 1 fully saturated rings. The maximum atomic E-state index is 11.7. The molecule has 1 saturated carbocycles. The highest BCUT2D eigenvalue weighted by Crippen LogP contribution is 2.58. The predicted octanol–water partition coefficient (Wildman–Crippen LogP) is 0.1000. The summed E-state index contributed by atoms with van der Waals surface area (Å²) in [7, 11) is 0. The van der Waals surface area contributed by atoms with Crippen LogP contribution in [0.1, 0.15) is 13.8 Å². The monoisotopic (exact) mass is 224 g/mol. The number of carbonyl (C=O) groups is 2. The zero-order valence-electron chi connectivity index (χ0n) is 8.89. The zero-order valence-corrected chi connectivity index (χ0v) is 8.89. The highest BCUT2D eigenvalue weighted by molar-refractivity contribution is 5.98. The molecule has 1 amide bonds. The van der Waals surface area contributed by atoms with E-state index in [-0.39, 0.29) is 11.9 Å². The molecule has 1 aliphatic carbocycles. The molecule has 7 nitrogen and oxygen atoms in total. The van der Waals surface area contributed by atoms with Gasteiger partial charge >= 0.3 is 5.97 Å². The van der Waals surface area contributed by atoms with Crippen molar-refractivity contribution in [1.82, 2.24) is 15.2 Å². The fourth-order valence-corrected chi connectivity index (χ4v) is 2.05. The Labute approximate surface area is 91.3 Å². The van der Waals surface area contributed by atoms with Crippen LogP contribution in [0, 0.1) is 17.3 Å². The summed E-state index contributed by atoms with van der Waals surface area (Å²) in [6.07, 6.45) is 1.27. The number of anilines is 1. The van der Waals surface area contributed by atoms with Gasteiger partial charge in [-0.3, -0.25) is 14.9 Å². The molecule has 0 spiro atoms. The topological polar surface area (TPSA) is 108 Å². The Morgan fingerprint density at radius 2 is 2.19 bits per heavy atom. The summed E-state index contributed by atoms with van der Waals surface area (Å²) in [5, 5.41) is 17.5. The molecule has 1 aromatic heterocycles. The fraction of sp³-hybridized carbons (Fsp3) is 0.556. The quantitative estimate of drug-likeness (QED) is 0.674. The van der Waals surface area contributed by atoms with E-state index in [4.69, 9.17) is 5.11 Å². The van der Waals surface area contributed by atoms with E-state index in [1.165, 1.54) is 6.33 Å². The number of rotatable bonds is 3. The number of aromatic amines is 1. The van der Waals surface area contributed by atoms with E-state index in [1.54, 1.807) is 13.8 Å². The molecule has 0 bridgehead atoms. The number of nitrogens with one attached hydrogen (secondary N) is 2. The summed E-state index contributed by atoms with van der Waals surface area (Å²) in [5.74, 6) is -2.20. The molecule has 1 heterocycles. The average molecular weight is 224 g/mol. The van der Waals surface area contributed by atoms with Gasteiger partial charge in [-0.05, 0) is 5.41 Å². The molecule has 0 unspecified atom stereocenters. The van der Waals surface area contributed by atoms with Crippen LogP contribution >= 0.6 is 0 Å². The molecule has 0 radical (unpaired) electrons. The van der Waals surface area contributed by atoms with Crippen LogP contribution in [0.3, 0.4) is 0 Å². The van der Waals surface area contributed by atoms with Crippen LogP contribution in [0.25, 0.3) is 0 Å². The Balaban J connectivity index is 2.05. The lowest BCUT2D eigenvalue weighted by molar-refractivity contribution is -0.140. The third-order valence-corrected chi connectivity index (χ3v) is 3.03. The summed E-state index contributed by atoms with van der Waals surface area (Å²) in [6.45, 7) is 3.52. The van der Waals surface area contributed by atoms with Crippen molar-refractivity contribution in [3.8, 4) is 0 Å². The minimum atomic E-state index is -0.942. The third kappa shape index (κ3) is 1.54. The predicted molar refractivity (Wildman–Crippen MR) is 53.4 cm³/mol. The Bertz CT molecular complexity index is 426. The molecule has 0 aliphatic heterocycles. The smallest absolute Gasteiger partial charge is 0.307 e. The second kappa shape index (κ2) is 3.29. The summed E-state index contributed by atoms with van der Waals surface area (Å²) in [5.41, 5.74) is -0.504. The molecular weight excluding hydrogens is 212 g/mol. The van der Waals surface area contributed by atoms with Crippen LogP contribution in [-0.2, 0) is 9.59 Å². The lowest BCUT2D eigenvalue weighted by Crippen LogP contribution is -2.18. The van der Waals surface area contributed by atoms with Crippen molar-refractivity contribution in [1.29, 1.82) is 0 Å². The average Bonchev–Trinajstić information content (AvgIpc) is 2.58. The highest BCUT2D eigenvalue weighted by Gasteiger charge is 2.65. The summed E-state index contributed by atoms with van der Waals surface area (Å²) in [4.78, 5) is 26.4. The number of nitrogens with zero attached hydrogens (tertiary/aromatic N) is 2. The second-order valence-electron chi connectivity index (χ2n) is 4.44. The number of carboxylic acid groups (broad SMARTS) is 1. The van der Waals surface area contributed by atoms with E-state index >= 15 is 0 Å². The van der Waals surface area contributed by atoms with Crippen molar-refractivity contribution in [2.45, 2.75) is 13.8 Å². The Hall–Kier alpha value is -1.92. The van der Waals surface area contributed by atoms with Crippen molar-refractivity contribution in [2.24, 2.45) is 17.3 Å². The number of hydrogen-bond donors (Lipinski definition) is 3. The van der Waals surface area contributed by atoms with Crippen molar-refractivity contribution < 1.29 is 14.7 Å². The molecule has 0 aromatic carbocycles. The largest absolute Gasteiger partial charge is 0.481 e. The standard InChI is InChI=1S/C9H12N4O3/c1-9(2)4(5(9)7(15)16)6(14)12-8-10-3-11-13-8/h3-5H,1-2H3,(H,15,16)(H2,10,11,12,13,14)/t4-,5+/m1/s1. The van der Waals surface area contributed by atoms with Crippen LogP contribution < -0.4 is 5.32 Å². The van der Waals surface area contributed by atoms with Crippen molar-refractivity contribution in [3.63, 3.8) is 0 Å². The maximum Gasteiger partial charge on any atom is 0.307 e. The van der Waals surface area contributed by atoms with Crippen LogP contribution in [-0.4, -0.2) is 32.2 Å². The zero-order chi connectivity index (χ0) is 11.9. The molecule has 7 heteroatoms. The second-order valence-corrected chi connectivity index (χ2v) is 4.44. The van der Waals surface area contributed by atoms with Gasteiger partial charge in [-0.25, -0.2) is 5.10 Å². The number of aromatic nitrogens is 3. The SMILES string of the molecule is CC1(C)[C@H](C(=O)O)[C@@H]1C(=O)Nc1ncn[nH]1. The molecule has 1 aromatic rings. The first kappa shape index (κ1) is 10.6. The first-order valence-electron chi connectivity index (χ1n) is 4.83. The van der Waals surface area contributed by atoms with Crippen LogP contribution in [0.15, 0.2) is 6.33 Å². The Kier molecular flexibility index (Phi) is 2.18. The minimum absolute atomic E-state index is 0.233. The molecule has 0 saturated heterocycles. The Morgan fingerprint density at radius 1 is 1.50 bits per heavy atom. The first-order valence-corrected chi connectivity index (χ1v) is 4.83. The molecule has 2 rings (SSSR count). The Morgan fingerprint density at radius 3 is 2.62 bits per heavy atom. The molecule has 86 valence electrons. The lowest BCUT2D eigenvalue weighted by Gasteiger charge is -2.01.